The summed E-state index contributed by atoms with van der Waals surface area (Å²) in [6.45, 7) is 5.50. The summed E-state index contributed by atoms with van der Waals surface area (Å²) < 4.78 is 32.4. The second kappa shape index (κ2) is 7.72. The second-order valence-electron chi connectivity index (χ2n) is 7.05. The second-order valence-corrected chi connectivity index (χ2v) is 7.05. The maximum atomic E-state index is 13.4. The van der Waals surface area contributed by atoms with Gasteiger partial charge in [0, 0.05) is 38.4 Å². The lowest BCUT2D eigenvalue weighted by Gasteiger charge is -2.37. The Morgan fingerprint density at radius 1 is 0.923 bits per heavy atom. The Morgan fingerprint density at radius 2 is 1.65 bits per heavy atom. The van der Waals surface area contributed by atoms with Crippen LogP contribution in [-0.4, -0.2) is 44.2 Å². The van der Waals surface area contributed by atoms with Gasteiger partial charge in [0.1, 0.15) is 11.6 Å². The van der Waals surface area contributed by atoms with Gasteiger partial charge in [-0.2, -0.15) is 0 Å². The average molecular weight is 358 g/mol. The molecule has 0 radical (unpaired) electrons. The SMILES string of the molecule is Fc1ccc(N2CCN(CCC3OCCc4cc(F)ccc43)CC2)cc1. The highest BCUT2D eigenvalue weighted by atomic mass is 19.1. The zero-order valence-corrected chi connectivity index (χ0v) is 14.8. The van der Waals surface area contributed by atoms with Crippen molar-refractivity contribution in [2.45, 2.75) is 18.9 Å². The number of anilines is 1. The Bertz CT molecular complexity index is 742. The molecule has 1 fully saturated rings. The van der Waals surface area contributed by atoms with Gasteiger partial charge in [0.15, 0.2) is 0 Å². The van der Waals surface area contributed by atoms with E-state index in [1.54, 1.807) is 6.07 Å². The molecule has 0 aliphatic carbocycles. The van der Waals surface area contributed by atoms with Crippen molar-refractivity contribution in [3.05, 3.63) is 65.2 Å². The van der Waals surface area contributed by atoms with E-state index in [2.05, 4.69) is 9.80 Å². The number of benzene rings is 2. The third-order valence-corrected chi connectivity index (χ3v) is 5.41. The largest absolute Gasteiger partial charge is 0.373 e. The maximum Gasteiger partial charge on any atom is 0.123 e. The first-order valence-electron chi connectivity index (χ1n) is 9.32. The minimum Gasteiger partial charge on any atom is -0.373 e. The normalized spacial score (nSPS) is 20.8. The van der Waals surface area contributed by atoms with Crippen LogP contribution in [0.25, 0.3) is 0 Å². The molecule has 2 aliphatic heterocycles. The molecule has 1 unspecified atom stereocenters. The molecule has 0 N–H and O–H groups in total. The van der Waals surface area contributed by atoms with Crippen LogP contribution in [0.4, 0.5) is 14.5 Å². The first kappa shape index (κ1) is 17.4. The molecule has 1 atom stereocenters. The van der Waals surface area contributed by atoms with Crippen LogP contribution in [0.3, 0.4) is 0 Å². The number of halogens is 2. The summed E-state index contributed by atoms with van der Waals surface area (Å²) in [6.07, 6.45) is 1.78. The van der Waals surface area contributed by atoms with Crippen molar-refractivity contribution in [3.8, 4) is 0 Å². The first-order valence-corrected chi connectivity index (χ1v) is 9.32. The quantitative estimate of drug-likeness (QED) is 0.827. The standard InChI is InChI=1S/C21H24F2N2O/c22-17-1-4-19(5-2-17)25-12-10-24(11-13-25)9-7-21-20-6-3-18(23)15-16(20)8-14-26-21/h1-6,15,21H,7-14H2. The Kier molecular flexibility index (Phi) is 5.18. The number of piperazine rings is 1. The van der Waals surface area contributed by atoms with Crippen molar-refractivity contribution in [1.82, 2.24) is 4.90 Å². The molecule has 2 aromatic carbocycles. The monoisotopic (exact) mass is 358 g/mol. The van der Waals surface area contributed by atoms with Crippen LogP contribution in [0.2, 0.25) is 0 Å². The van der Waals surface area contributed by atoms with Gasteiger partial charge in [0.05, 0.1) is 12.7 Å². The lowest BCUT2D eigenvalue weighted by molar-refractivity contribution is 0.0288. The molecule has 0 spiro atoms. The van der Waals surface area contributed by atoms with E-state index >= 15 is 0 Å². The molecule has 26 heavy (non-hydrogen) atoms. The van der Waals surface area contributed by atoms with Crippen LogP contribution in [0, 0.1) is 11.6 Å². The molecule has 0 bridgehead atoms. The smallest absolute Gasteiger partial charge is 0.123 e. The molecule has 0 aromatic heterocycles. The molecule has 2 heterocycles. The van der Waals surface area contributed by atoms with Crippen molar-refractivity contribution < 1.29 is 13.5 Å². The molecule has 4 rings (SSSR count). The maximum absolute atomic E-state index is 13.4. The van der Waals surface area contributed by atoms with E-state index in [1.165, 1.54) is 18.2 Å². The molecule has 138 valence electrons. The summed E-state index contributed by atoms with van der Waals surface area (Å²) in [5.74, 6) is -0.360. The Labute approximate surface area is 153 Å². The van der Waals surface area contributed by atoms with E-state index in [-0.39, 0.29) is 17.7 Å². The van der Waals surface area contributed by atoms with E-state index < -0.39 is 0 Å². The van der Waals surface area contributed by atoms with Crippen LogP contribution in [0.15, 0.2) is 42.5 Å². The molecule has 2 aliphatic rings. The van der Waals surface area contributed by atoms with Gasteiger partial charge in [-0.05, 0) is 60.4 Å². The third kappa shape index (κ3) is 3.89. The molecule has 0 amide bonds. The van der Waals surface area contributed by atoms with Crippen molar-refractivity contribution in [1.29, 1.82) is 0 Å². The van der Waals surface area contributed by atoms with Gasteiger partial charge < -0.3 is 9.64 Å². The Hall–Kier alpha value is -1.98. The molecule has 5 heteroatoms. The molecular weight excluding hydrogens is 334 g/mol. The van der Waals surface area contributed by atoms with Gasteiger partial charge in [-0.3, -0.25) is 4.90 Å². The fourth-order valence-corrected chi connectivity index (χ4v) is 3.93. The van der Waals surface area contributed by atoms with Gasteiger partial charge in [0.25, 0.3) is 0 Å². The average Bonchev–Trinajstić information content (AvgIpc) is 2.67. The van der Waals surface area contributed by atoms with E-state index in [4.69, 9.17) is 4.74 Å². The number of hydrogen-bond acceptors (Lipinski definition) is 3. The number of ether oxygens (including phenoxy) is 1. The third-order valence-electron chi connectivity index (χ3n) is 5.41. The first-order chi connectivity index (χ1) is 12.7. The minimum absolute atomic E-state index is 0.0643. The fraction of sp³-hybridized carbons (Fsp3) is 0.429. The zero-order valence-electron chi connectivity index (χ0n) is 14.8. The van der Waals surface area contributed by atoms with Crippen LogP contribution in [0.5, 0.6) is 0 Å². The van der Waals surface area contributed by atoms with Crippen LogP contribution < -0.4 is 4.90 Å². The predicted octanol–water partition coefficient (Wildman–Crippen LogP) is 3.79. The topological polar surface area (TPSA) is 15.7 Å². The van der Waals surface area contributed by atoms with E-state index in [9.17, 15) is 8.78 Å². The van der Waals surface area contributed by atoms with Crippen molar-refractivity contribution in [2.24, 2.45) is 0 Å². The van der Waals surface area contributed by atoms with E-state index in [0.717, 1.165) is 62.4 Å². The summed E-state index contributed by atoms with van der Waals surface area (Å²) in [4.78, 5) is 4.74. The highest BCUT2D eigenvalue weighted by Gasteiger charge is 2.23. The number of rotatable bonds is 4. The Balaban J connectivity index is 1.30. The van der Waals surface area contributed by atoms with Gasteiger partial charge in [-0.25, -0.2) is 8.78 Å². The Morgan fingerprint density at radius 3 is 2.42 bits per heavy atom. The summed E-state index contributed by atoms with van der Waals surface area (Å²) in [7, 11) is 0. The highest BCUT2D eigenvalue weighted by molar-refractivity contribution is 5.46. The number of nitrogens with zero attached hydrogens (tertiary/aromatic N) is 2. The van der Waals surface area contributed by atoms with E-state index in [1.807, 2.05) is 18.2 Å². The van der Waals surface area contributed by atoms with Crippen LogP contribution in [-0.2, 0) is 11.2 Å². The van der Waals surface area contributed by atoms with Crippen LogP contribution >= 0.6 is 0 Å². The summed E-state index contributed by atoms with van der Waals surface area (Å²) in [5, 5.41) is 0. The summed E-state index contributed by atoms with van der Waals surface area (Å²) in [5.41, 5.74) is 3.31. The summed E-state index contributed by atoms with van der Waals surface area (Å²) >= 11 is 0. The molecule has 2 aromatic rings. The molecule has 1 saturated heterocycles. The van der Waals surface area contributed by atoms with Gasteiger partial charge in [-0.1, -0.05) is 6.07 Å². The fourth-order valence-electron chi connectivity index (χ4n) is 3.93. The van der Waals surface area contributed by atoms with Crippen molar-refractivity contribution >= 4 is 5.69 Å². The van der Waals surface area contributed by atoms with Gasteiger partial charge in [0.2, 0.25) is 0 Å². The lowest BCUT2D eigenvalue weighted by atomic mass is 9.95. The molecule has 3 nitrogen and oxygen atoms in total. The minimum atomic E-state index is -0.194. The number of hydrogen-bond donors (Lipinski definition) is 0. The lowest BCUT2D eigenvalue weighted by Crippen LogP contribution is -2.46. The van der Waals surface area contributed by atoms with Crippen LogP contribution in [0.1, 0.15) is 23.7 Å². The zero-order chi connectivity index (χ0) is 17.9. The van der Waals surface area contributed by atoms with E-state index in [0.29, 0.717) is 6.61 Å². The van der Waals surface area contributed by atoms with Crippen molar-refractivity contribution in [3.63, 3.8) is 0 Å². The van der Waals surface area contributed by atoms with Gasteiger partial charge in [-0.15, -0.1) is 0 Å². The highest BCUT2D eigenvalue weighted by Crippen LogP contribution is 2.30. The number of fused-ring (bicyclic) bond motifs is 1. The van der Waals surface area contributed by atoms with Crippen molar-refractivity contribution in [2.75, 3.05) is 44.2 Å². The summed E-state index contributed by atoms with van der Waals surface area (Å²) in [6, 6.07) is 11.8. The molecule has 0 saturated carbocycles. The van der Waals surface area contributed by atoms with Gasteiger partial charge >= 0.3 is 0 Å². The predicted molar refractivity (Wildman–Crippen MR) is 98.5 cm³/mol. The molecular formula is C21H24F2N2O.